The van der Waals surface area contributed by atoms with E-state index in [9.17, 15) is 0 Å². The second-order valence-corrected chi connectivity index (χ2v) is 4.47. The number of fused-ring (bicyclic) bond motifs is 1. The topological polar surface area (TPSA) is 57.5 Å². The molecule has 0 saturated heterocycles. The molecular formula is C12H20N6. The van der Waals surface area contributed by atoms with Crippen LogP contribution in [0.4, 0.5) is 11.6 Å². The van der Waals surface area contributed by atoms with Crippen LogP contribution in [0.3, 0.4) is 0 Å². The molecule has 18 heavy (non-hydrogen) atoms. The van der Waals surface area contributed by atoms with E-state index in [1.54, 1.807) is 6.20 Å². The van der Waals surface area contributed by atoms with Crippen molar-refractivity contribution < 1.29 is 0 Å². The summed E-state index contributed by atoms with van der Waals surface area (Å²) in [6.07, 6.45) is 6.70. The lowest BCUT2D eigenvalue weighted by molar-refractivity contribution is 0.405. The van der Waals surface area contributed by atoms with Crippen LogP contribution in [0.25, 0.3) is 5.65 Å². The highest BCUT2D eigenvalue weighted by molar-refractivity contribution is 5.65. The average molecular weight is 248 g/mol. The van der Waals surface area contributed by atoms with Crippen LogP contribution in [0.2, 0.25) is 0 Å². The van der Waals surface area contributed by atoms with Crippen molar-refractivity contribution >= 4 is 17.3 Å². The van der Waals surface area contributed by atoms with Crippen molar-refractivity contribution in [3.8, 4) is 0 Å². The normalized spacial score (nSPS) is 11.1. The average Bonchev–Trinajstić information content (AvgIpc) is 2.82. The Morgan fingerprint density at radius 2 is 2.22 bits per heavy atom. The monoisotopic (exact) mass is 248 g/mol. The van der Waals surface area contributed by atoms with Gasteiger partial charge in [0, 0.05) is 26.0 Å². The fourth-order valence-corrected chi connectivity index (χ4v) is 1.77. The summed E-state index contributed by atoms with van der Waals surface area (Å²) in [6.45, 7) is 1.95. The molecule has 0 unspecified atom stereocenters. The van der Waals surface area contributed by atoms with Crippen molar-refractivity contribution in [3.63, 3.8) is 0 Å². The Labute approximate surface area is 107 Å². The second-order valence-electron chi connectivity index (χ2n) is 4.47. The minimum atomic E-state index is 0.825. The molecule has 0 saturated carbocycles. The van der Waals surface area contributed by atoms with Crippen LogP contribution in [-0.2, 0) is 0 Å². The van der Waals surface area contributed by atoms with Crippen LogP contribution in [0.15, 0.2) is 18.6 Å². The molecule has 98 valence electrons. The Kier molecular flexibility index (Phi) is 3.99. The molecule has 6 nitrogen and oxygen atoms in total. The first kappa shape index (κ1) is 12.6. The smallest absolute Gasteiger partial charge is 0.180 e. The SMILES string of the molecule is CNc1cn2ccnc2c(NCCCN(C)C)n1. The summed E-state index contributed by atoms with van der Waals surface area (Å²) in [5.74, 6) is 1.65. The zero-order chi connectivity index (χ0) is 13.0. The van der Waals surface area contributed by atoms with Gasteiger partial charge in [0.1, 0.15) is 5.82 Å². The highest BCUT2D eigenvalue weighted by Crippen LogP contribution is 2.15. The maximum atomic E-state index is 4.49. The van der Waals surface area contributed by atoms with Crippen molar-refractivity contribution in [3.05, 3.63) is 18.6 Å². The van der Waals surface area contributed by atoms with Gasteiger partial charge in [-0.25, -0.2) is 9.97 Å². The summed E-state index contributed by atoms with van der Waals surface area (Å²) in [6, 6.07) is 0. The van der Waals surface area contributed by atoms with Gasteiger partial charge < -0.3 is 19.9 Å². The zero-order valence-electron chi connectivity index (χ0n) is 11.1. The van der Waals surface area contributed by atoms with Crippen LogP contribution in [0.5, 0.6) is 0 Å². The van der Waals surface area contributed by atoms with Gasteiger partial charge in [-0.2, -0.15) is 0 Å². The van der Waals surface area contributed by atoms with Crippen molar-refractivity contribution in [2.75, 3.05) is 44.9 Å². The molecule has 2 heterocycles. The summed E-state index contributed by atoms with van der Waals surface area (Å²) < 4.78 is 1.97. The molecule has 0 radical (unpaired) electrons. The minimum Gasteiger partial charge on any atom is -0.372 e. The zero-order valence-corrected chi connectivity index (χ0v) is 11.1. The number of hydrogen-bond donors (Lipinski definition) is 2. The van der Waals surface area contributed by atoms with Crippen LogP contribution in [0, 0.1) is 0 Å². The van der Waals surface area contributed by atoms with Gasteiger partial charge in [-0.15, -0.1) is 0 Å². The summed E-state index contributed by atoms with van der Waals surface area (Å²) in [7, 11) is 6.01. The van der Waals surface area contributed by atoms with E-state index in [1.807, 2.05) is 23.8 Å². The number of rotatable bonds is 6. The van der Waals surface area contributed by atoms with E-state index in [2.05, 4.69) is 39.6 Å². The second kappa shape index (κ2) is 5.68. The number of imidazole rings is 1. The maximum Gasteiger partial charge on any atom is 0.180 e. The fourth-order valence-electron chi connectivity index (χ4n) is 1.77. The van der Waals surface area contributed by atoms with Gasteiger partial charge in [-0.1, -0.05) is 0 Å². The Bertz CT molecular complexity index is 504. The molecule has 0 aliphatic rings. The minimum absolute atomic E-state index is 0.825. The molecule has 0 spiro atoms. The predicted octanol–water partition coefficient (Wildman–Crippen LogP) is 1.13. The molecular weight excluding hydrogens is 228 g/mol. The molecule has 0 amide bonds. The van der Waals surface area contributed by atoms with E-state index in [-0.39, 0.29) is 0 Å². The molecule has 2 aromatic rings. The lowest BCUT2D eigenvalue weighted by atomic mass is 10.4. The molecule has 2 aromatic heterocycles. The Balaban J connectivity index is 2.08. The first-order chi connectivity index (χ1) is 8.70. The highest BCUT2D eigenvalue weighted by Gasteiger charge is 2.06. The van der Waals surface area contributed by atoms with Gasteiger partial charge in [0.25, 0.3) is 0 Å². The summed E-state index contributed by atoms with van der Waals surface area (Å²) >= 11 is 0. The first-order valence-electron chi connectivity index (χ1n) is 6.11. The molecule has 2 rings (SSSR count). The van der Waals surface area contributed by atoms with Crippen molar-refractivity contribution in [1.82, 2.24) is 19.3 Å². The third kappa shape index (κ3) is 2.89. The third-order valence-corrected chi connectivity index (χ3v) is 2.70. The number of aromatic nitrogens is 3. The van der Waals surface area contributed by atoms with E-state index in [1.165, 1.54) is 0 Å². The van der Waals surface area contributed by atoms with Crippen LogP contribution in [0.1, 0.15) is 6.42 Å². The standard InChI is InChI=1S/C12H20N6/c1-13-10-9-18-8-6-15-12(18)11(16-10)14-5-4-7-17(2)3/h6,8-9,13H,4-5,7H2,1-3H3,(H,14,16). The van der Waals surface area contributed by atoms with Gasteiger partial charge >= 0.3 is 0 Å². The Morgan fingerprint density at radius 1 is 1.39 bits per heavy atom. The van der Waals surface area contributed by atoms with Crippen molar-refractivity contribution in [1.29, 1.82) is 0 Å². The maximum absolute atomic E-state index is 4.49. The quantitative estimate of drug-likeness (QED) is 0.751. The molecule has 0 bridgehead atoms. The van der Waals surface area contributed by atoms with Crippen molar-refractivity contribution in [2.24, 2.45) is 0 Å². The van der Waals surface area contributed by atoms with Gasteiger partial charge in [0.15, 0.2) is 11.5 Å². The van der Waals surface area contributed by atoms with E-state index in [4.69, 9.17) is 0 Å². The number of hydrogen-bond acceptors (Lipinski definition) is 5. The van der Waals surface area contributed by atoms with Crippen LogP contribution in [-0.4, -0.2) is 53.5 Å². The molecule has 6 heteroatoms. The summed E-state index contributed by atoms with van der Waals surface area (Å²) in [4.78, 5) is 11.0. The molecule has 0 atom stereocenters. The number of nitrogens with zero attached hydrogens (tertiary/aromatic N) is 4. The fraction of sp³-hybridized carbons (Fsp3) is 0.500. The Morgan fingerprint density at radius 3 is 2.94 bits per heavy atom. The van der Waals surface area contributed by atoms with E-state index < -0.39 is 0 Å². The van der Waals surface area contributed by atoms with E-state index in [0.717, 1.165) is 36.8 Å². The molecule has 0 aromatic carbocycles. The predicted molar refractivity (Wildman–Crippen MR) is 74.2 cm³/mol. The van der Waals surface area contributed by atoms with Crippen LogP contribution < -0.4 is 10.6 Å². The third-order valence-electron chi connectivity index (χ3n) is 2.70. The molecule has 0 aliphatic heterocycles. The largest absolute Gasteiger partial charge is 0.372 e. The Hall–Kier alpha value is -1.82. The number of anilines is 2. The van der Waals surface area contributed by atoms with Crippen LogP contribution >= 0.6 is 0 Å². The molecule has 0 aliphatic carbocycles. The summed E-state index contributed by atoms with van der Waals surface area (Å²) in [5.41, 5.74) is 0.860. The van der Waals surface area contributed by atoms with Gasteiger partial charge in [0.05, 0.1) is 6.20 Å². The molecule has 0 fully saturated rings. The van der Waals surface area contributed by atoms with Gasteiger partial charge in [-0.3, -0.25) is 0 Å². The van der Waals surface area contributed by atoms with E-state index >= 15 is 0 Å². The number of nitrogens with one attached hydrogen (secondary N) is 2. The highest BCUT2D eigenvalue weighted by atomic mass is 15.1. The van der Waals surface area contributed by atoms with Gasteiger partial charge in [0.2, 0.25) is 0 Å². The lowest BCUT2D eigenvalue weighted by Gasteiger charge is -2.11. The van der Waals surface area contributed by atoms with E-state index in [0.29, 0.717) is 0 Å². The lowest BCUT2D eigenvalue weighted by Crippen LogP contribution is -2.17. The molecule has 2 N–H and O–H groups in total. The first-order valence-corrected chi connectivity index (χ1v) is 6.11. The van der Waals surface area contributed by atoms with Gasteiger partial charge in [-0.05, 0) is 27.1 Å². The van der Waals surface area contributed by atoms with Crippen molar-refractivity contribution in [2.45, 2.75) is 6.42 Å². The summed E-state index contributed by atoms with van der Waals surface area (Å²) in [5, 5.41) is 6.39.